The standard InChI is InChI=1S/C13H10FNO3/c14-10-5-1-2-7-12(10)18-8-9-4-3-6-11(15-9)13(16)17/h1-7H,8H2,(H,16,17). The van der Waals surface area contributed by atoms with Crippen LogP contribution in [0.1, 0.15) is 16.2 Å². The molecule has 0 spiro atoms. The molecule has 1 N–H and O–H groups in total. The Morgan fingerprint density at radius 2 is 2.00 bits per heavy atom. The minimum atomic E-state index is -1.11. The van der Waals surface area contributed by atoms with Crippen molar-refractivity contribution in [2.75, 3.05) is 0 Å². The first-order chi connectivity index (χ1) is 8.66. The second-order valence-electron chi connectivity index (χ2n) is 3.54. The smallest absolute Gasteiger partial charge is 0.354 e. The average Bonchev–Trinajstić information content (AvgIpc) is 2.38. The van der Waals surface area contributed by atoms with Gasteiger partial charge >= 0.3 is 5.97 Å². The number of nitrogens with zero attached hydrogens (tertiary/aromatic N) is 1. The quantitative estimate of drug-likeness (QED) is 0.901. The molecule has 0 fully saturated rings. The molecule has 5 heteroatoms. The van der Waals surface area contributed by atoms with Gasteiger partial charge in [-0.3, -0.25) is 0 Å². The number of halogens is 1. The van der Waals surface area contributed by atoms with Crippen LogP contribution in [0.25, 0.3) is 0 Å². The Morgan fingerprint density at radius 1 is 1.22 bits per heavy atom. The average molecular weight is 247 g/mol. The van der Waals surface area contributed by atoms with Crippen molar-refractivity contribution in [3.63, 3.8) is 0 Å². The highest BCUT2D eigenvalue weighted by atomic mass is 19.1. The largest absolute Gasteiger partial charge is 0.484 e. The van der Waals surface area contributed by atoms with E-state index in [4.69, 9.17) is 9.84 Å². The highest BCUT2D eigenvalue weighted by Crippen LogP contribution is 2.16. The zero-order valence-electron chi connectivity index (χ0n) is 9.34. The molecule has 1 aromatic carbocycles. The molecule has 2 aromatic rings. The van der Waals surface area contributed by atoms with Crippen LogP contribution in [0.4, 0.5) is 4.39 Å². The molecule has 4 nitrogen and oxygen atoms in total. The van der Waals surface area contributed by atoms with Gasteiger partial charge in [0.25, 0.3) is 0 Å². The lowest BCUT2D eigenvalue weighted by Crippen LogP contribution is -2.05. The van der Waals surface area contributed by atoms with Crippen molar-refractivity contribution in [2.45, 2.75) is 6.61 Å². The van der Waals surface area contributed by atoms with E-state index in [-0.39, 0.29) is 18.1 Å². The fourth-order valence-electron chi connectivity index (χ4n) is 1.39. The van der Waals surface area contributed by atoms with E-state index in [1.54, 1.807) is 24.3 Å². The predicted octanol–water partition coefficient (Wildman–Crippen LogP) is 2.50. The Bertz CT molecular complexity index is 572. The van der Waals surface area contributed by atoms with Gasteiger partial charge < -0.3 is 9.84 Å². The van der Waals surface area contributed by atoms with Crippen LogP contribution in [0.3, 0.4) is 0 Å². The number of benzene rings is 1. The number of aromatic nitrogens is 1. The summed E-state index contributed by atoms with van der Waals surface area (Å²) in [5, 5.41) is 8.78. The van der Waals surface area contributed by atoms with E-state index in [0.29, 0.717) is 5.69 Å². The molecule has 0 bridgehead atoms. The van der Waals surface area contributed by atoms with Crippen LogP contribution in [-0.2, 0) is 6.61 Å². The van der Waals surface area contributed by atoms with Gasteiger partial charge in [-0.15, -0.1) is 0 Å². The summed E-state index contributed by atoms with van der Waals surface area (Å²) in [6.07, 6.45) is 0. The summed E-state index contributed by atoms with van der Waals surface area (Å²) < 4.78 is 18.5. The number of carboxylic acid groups (broad SMARTS) is 1. The van der Waals surface area contributed by atoms with Gasteiger partial charge in [-0.2, -0.15) is 0 Å². The van der Waals surface area contributed by atoms with Crippen molar-refractivity contribution in [2.24, 2.45) is 0 Å². The van der Waals surface area contributed by atoms with Crippen molar-refractivity contribution in [3.05, 3.63) is 59.7 Å². The Kier molecular flexibility index (Phi) is 3.52. The van der Waals surface area contributed by atoms with Crippen molar-refractivity contribution < 1.29 is 19.0 Å². The Labute approximate surface area is 103 Å². The van der Waals surface area contributed by atoms with Crippen LogP contribution in [0, 0.1) is 5.82 Å². The molecule has 2 rings (SSSR count). The van der Waals surface area contributed by atoms with E-state index in [1.807, 2.05) is 0 Å². The first-order valence-corrected chi connectivity index (χ1v) is 5.23. The molecule has 0 radical (unpaired) electrons. The third-order valence-electron chi connectivity index (χ3n) is 2.24. The number of carboxylic acids is 1. The summed E-state index contributed by atoms with van der Waals surface area (Å²) >= 11 is 0. The van der Waals surface area contributed by atoms with Gasteiger partial charge in [-0.05, 0) is 24.3 Å². The van der Waals surface area contributed by atoms with Gasteiger partial charge in [0.2, 0.25) is 0 Å². The highest BCUT2D eigenvalue weighted by molar-refractivity contribution is 5.85. The van der Waals surface area contributed by atoms with Crippen LogP contribution in [0.15, 0.2) is 42.5 Å². The molecule has 92 valence electrons. The monoisotopic (exact) mass is 247 g/mol. The molecule has 0 atom stereocenters. The third-order valence-corrected chi connectivity index (χ3v) is 2.24. The maximum absolute atomic E-state index is 13.3. The molecule has 0 saturated carbocycles. The van der Waals surface area contributed by atoms with Crippen LogP contribution < -0.4 is 4.74 Å². The fraction of sp³-hybridized carbons (Fsp3) is 0.0769. The Balaban J connectivity index is 2.09. The molecule has 0 aliphatic rings. The summed E-state index contributed by atoms with van der Waals surface area (Å²) in [6, 6.07) is 10.6. The topological polar surface area (TPSA) is 59.4 Å². The van der Waals surface area contributed by atoms with Gasteiger partial charge in [-0.25, -0.2) is 14.2 Å². The van der Waals surface area contributed by atoms with Crippen molar-refractivity contribution in [1.29, 1.82) is 0 Å². The van der Waals surface area contributed by atoms with E-state index >= 15 is 0 Å². The minimum Gasteiger partial charge on any atom is -0.484 e. The Hall–Kier alpha value is -2.43. The maximum Gasteiger partial charge on any atom is 0.354 e. The number of rotatable bonds is 4. The van der Waals surface area contributed by atoms with Crippen LogP contribution in [0.5, 0.6) is 5.75 Å². The highest BCUT2D eigenvalue weighted by Gasteiger charge is 2.06. The molecule has 1 heterocycles. The molecule has 0 amide bonds. The maximum atomic E-state index is 13.3. The van der Waals surface area contributed by atoms with Gasteiger partial charge in [0.05, 0.1) is 5.69 Å². The first-order valence-electron chi connectivity index (χ1n) is 5.23. The number of aromatic carboxylic acids is 1. The number of hydrogen-bond acceptors (Lipinski definition) is 3. The van der Waals surface area contributed by atoms with Gasteiger partial charge in [-0.1, -0.05) is 18.2 Å². The van der Waals surface area contributed by atoms with Crippen LogP contribution in [0.2, 0.25) is 0 Å². The van der Waals surface area contributed by atoms with Crippen molar-refractivity contribution >= 4 is 5.97 Å². The number of carbonyl (C=O) groups is 1. The van der Waals surface area contributed by atoms with Crippen molar-refractivity contribution in [3.8, 4) is 5.75 Å². The zero-order chi connectivity index (χ0) is 13.0. The molecule has 18 heavy (non-hydrogen) atoms. The van der Waals surface area contributed by atoms with Crippen LogP contribution >= 0.6 is 0 Å². The SMILES string of the molecule is O=C(O)c1cccc(COc2ccccc2F)n1. The number of ether oxygens (including phenoxy) is 1. The third kappa shape index (κ3) is 2.82. The van der Waals surface area contributed by atoms with E-state index in [2.05, 4.69) is 4.98 Å². The van der Waals surface area contributed by atoms with Gasteiger partial charge in [0.1, 0.15) is 12.3 Å². The molecule has 0 aliphatic carbocycles. The fourth-order valence-corrected chi connectivity index (χ4v) is 1.39. The van der Waals surface area contributed by atoms with Gasteiger partial charge in [0, 0.05) is 0 Å². The normalized spacial score (nSPS) is 10.1. The lowest BCUT2D eigenvalue weighted by molar-refractivity contribution is 0.0690. The minimum absolute atomic E-state index is 0.0159. The summed E-state index contributed by atoms with van der Waals surface area (Å²) in [6.45, 7) is 0.0159. The second-order valence-corrected chi connectivity index (χ2v) is 3.54. The van der Waals surface area contributed by atoms with Crippen molar-refractivity contribution in [1.82, 2.24) is 4.98 Å². The lowest BCUT2D eigenvalue weighted by Gasteiger charge is -2.06. The van der Waals surface area contributed by atoms with Crippen LogP contribution in [-0.4, -0.2) is 16.1 Å². The molecule has 0 unspecified atom stereocenters. The summed E-state index contributed by atoms with van der Waals surface area (Å²) in [7, 11) is 0. The predicted molar refractivity (Wildman–Crippen MR) is 61.9 cm³/mol. The molecule has 0 saturated heterocycles. The zero-order valence-corrected chi connectivity index (χ0v) is 9.34. The van der Waals surface area contributed by atoms with Gasteiger partial charge in [0.15, 0.2) is 11.6 Å². The Morgan fingerprint density at radius 3 is 2.72 bits per heavy atom. The molecule has 0 aliphatic heterocycles. The second kappa shape index (κ2) is 5.27. The number of pyridine rings is 1. The lowest BCUT2D eigenvalue weighted by atomic mass is 10.3. The van der Waals surface area contributed by atoms with E-state index < -0.39 is 11.8 Å². The summed E-state index contributed by atoms with van der Waals surface area (Å²) in [5.41, 5.74) is 0.364. The number of hydrogen-bond donors (Lipinski definition) is 1. The molecular formula is C13H10FNO3. The first kappa shape index (κ1) is 12.0. The van der Waals surface area contributed by atoms with E-state index in [9.17, 15) is 9.18 Å². The number of para-hydroxylation sites is 1. The summed E-state index contributed by atoms with van der Waals surface area (Å²) in [5.74, 6) is -1.46. The molecule has 1 aromatic heterocycles. The summed E-state index contributed by atoms with van der Waals surface area (Å²) in [4.78, 5) is 14.6. The van der Waals surface area contributed by atoms with E-state index in [1.165, 1.54) is 18.2 Å². The molecular weight excluding hydrogens is 237 g/mol. The van der Waals surface area contributed by atoms with E-state index in [0.717, 1.165) is 0 Å².